The molecule has 0 bridgehead atoms. The number of hydrogen-bond donors (Lipinski definition) is 2. The largest absolute Gasteiger partial charge is 0.388 e. The van der Waals surface area contributed by atoms with Crippen molar-refractivity contribution in [3.8, 4) is 0 Å². The first-order chi connectivity index (χ1) is 9.41. The van der Waals surface area contributed by atoms with Crippen LogP contribution in [-0.2, 0) is 0 Å². The van der Waals surface area contributed by atoms with Crippen LogP contribution < -0.4 is 5.32 Å². The summed E-state index contributed by atoms with van der Waals surface area (Å²) in [5, 5.41) is 13.4. The first-order valence-electron chi connectivity index (χ1n) is 7.59. The van der Waals surface area contributed by atoms with Crippen LogP contribution >= 0.6 is 0 Å². The molecule has 2 N–H and O–H groups in total. The van der Waals surface area contributed by atoms with Gasteiger partial charge in [0, 0.05) is 18.8 Å². The van der Waals surface area contributed by atoms with Crippen molar-refractivity contribution in [2.45, 2.75) is 58.1 Å². The normalized spacial score (nSPS) is 26.8. The highest BCUT2D eigenvalue weighted by atomic mass is 16.3. The van der Waals surface area contributed by atoms with Gasteiger partial charge in [0.15, 0.2) is 0 Å². The van der Waals surface area contributed by atoms with Gasteiger partial charge >= 0.3 is 0 Å². The molecular weight excluding hydrogens is 252 g/mol. The van der Waals surface area contributed by atoms with E-state index in [1.807, 2.05) is 36.7 Å². The summed E-state index contributed by atoms with van der Waals surface area (Å²) in [4.78, 5) is 12.2. The van der Waals surface area contributed by atoms with Gasteiger partial charge in [0.05, 0.1) is 5.60 Å². The third-order valence-corrected chi connectivity index (χ3v) is 4.35. The number of aromatic nitrogens is 1. The summed E-state index contributed by atoms with van der Waals surface area (Å²) in [7, 11) is 0. The number of aliphatic hydroxyl groups is 1. The zero-order chi connectivity index (χ0) is 14.8. The van der Waals surface area contributed by atoms with E-state index >= 15 is 0 Å². The molecule has 1 fully saturated rings. The standard InChI is InChI=1S/C16H26N2O2/c1-12(2)18-10-4-5-14(18)15(19)17-11-16(20)8-6-13(3)7-9-16/h4-5,10,12-13,20H,6-9,11H2,1-3H3,(H,17,19). The maximum atomic E-state index is 12.2. The second-order valence-corrected chi connectivity index (χ2v) is 6.48. The molecule has 0 spiro atoms. The van der Waals surface area contributed by atoms with E-state index in [2.05, 4.69) is 12.2 Å². The predicted octanol–water partition coefficient (Wildman–Crippen LogP) is 2.74. The van der Waals surface area contributed by atoms with Crippen LogP contribution in [0.4, 0.5) is 0 Å². The zero-order valence-electron chi connectivity index (χ0n) is 12.7. The molecule has 0 aliphatic heterocycles. The minimum Gasteiger partial charge on any atom is -0.388 e. The Balaban J connectivity index is 1.93. The van der Waals surface area contributed by atoms with E-state index < -0.39 is 5.60 Å². The number of nitrogens with one attached hydrogen (secondary N) is 1. The van der Waals surface area contributed by atoms with Gasteiger partial charge in [-0.3, -0.25) is 4.79 Å². The topological polar surface area (TPSA) is 54.3 Å². The fourth-order valence-corrected chi connectivity index (χ4v) is 2.85. The Labute approximate surface area is 121 Å². The highest BCUT2D eigenvalue weighted by Gasteiger charge is 2.32. The van der Waals surface area contributed by atoms with E-state index in [9.17, 15) is 9.90 Å². The third-order valence-electron chi connectivity index (χ3n) is 4.35. The lowest BCUT2D eigenvalue weighted by Gasteiger charge is -2.35. The summed E-state index contributed by atoms with van der Waals surface area (Å²) in [6.07, 6.45) is 5.54. The molecule has 2 rings (SSSR count). The molecule has 1 aliphatic rings. The van der Waals surface area contributed by atoms with Crippen LogP contribution in [0, 0.1) is 5.92 Å². The molecule has 112 valence electrons. The van der Waals surface area contributed by atoms with Crippen molar-refractivity contribution in [1.29, 1.82) is 0 Å². The van der Waals surface area contributed by atoms with Gasteiger partial charge in [-0.2, -0.15) is 0 Å². The lowest BCUT2D eigenvalue weighted by atomic mass is 9.79. The van der Waals surface area contributed by atoms with Gasteiger partial charge in [0.2, 0.25) is 0 Å². The quantitative estimate of drug-likeness (QED) is 0.889. The first kappa shape index (κ1) is 15.1. The number of rotatable bonds is 4. The Morgan fingerprint density at radius 3 is 2.75 bits per heavy atom. The fraction of sp³-hybridized carbons (Fsp3) is 0.688. The van der Waals surface area contributed by atoms with Gasteiger partial charge in [0.25, 0.3) is 5.91 Å². The van der Waals surface area contributed by atoms with Crippen LogP contribution in [0.2, 0.25) is 0 Å². The van der Waals surface area contributed by atoms with Crippen molar-refractivity contribution in [2.24, 2.45) is 5.92 Å². The minimum atomic E-state index is -0.725. The summed E-state index contributed by atoms with van der Waals surface area (Å²) in [5.41, 5.74) is -0.0648. The van der Waals surface area contributed by atoms with Crippen LogP contribution in [0.3, 0.4) is 0 Å². The SMILES string of the molecule is CC1CCC(O)(CNC(=O)c2cccn2C(C)C)CC1. The van der Waals surface area contributed by atoms with Crippen molar-refractivity contribution in [3.63, 3.8) is 0 Å². The van der Waals surface area contributed by atoms with Crippen molar-refractivity contribution in [3.05, 3.63) is 24.0 Å². The number of carbonyl (C=O) groups excluding carboxylic acids is 1. The van der Waals surface area contributed by atoms with Gasteiger partial charge in [-0.1, -0.05) is 6.92 Å². The smallest absolute Gasteiger partial charge is 0.268 e. The number of nitrogens with zero attached hydrogens (tertiary/aromatic N) is 1. The summed E-state index contributed by atoms with van der Waals surface area (Å²) in [6.45, 7) is 6.66. The molecular formula is C16H26N2O2. The Morgan fingerprint density at radius 2 is 2.15 bits per heavy atom. The Kier molecular flexibility index (Phi) is 4.53. The second-order valence-electron chi connectivity index (χ2n) is 6.48. The lowest BCUT2D eigenvalue weighted by molar-refractivity contribution is -0.00547. The number of hydrogen-bond acceptors (Lipinski definition) is 2. The summed E-state index contributed by atoms with van der Waals surface area (Å²) in [6, 6.07) is 3.96. The predicted molar refractivity (Wildman–Crippen MR) is 79.7 cm³/mol. The Morgan fingerprint density at radius 1 is 1.50 bits per heavy atom. The maximum Gasteiger partial charge on any atom is 0.268 e. The average Bonchev–Trinajstić information content (AvgIpc) is 2.89. The van der Waals surface area contributed by atoms with Crippen LogP contribution in [0.5, 0.6) is 0 Å². The third kappa shape index (κ3) is 3.42. The lowest BCUT2D eigenvalue weighted by Crippen LogP contribution is -2.45. The van der Waals surface area contributed by atoms with E-state index in [4.69, 9.17) is 0 Å². The average molecular weight is 278 g/mol. The molecule has 0 aromatic carbocycles. The van der Waals surface area contributed by atoms with Gasteiger partial charge in [-0.25, -0.2) is 0 Å². The van der Waals surface area contributed by atoms with Crippen molar-refractivity contribution in [2.75, 3.05) is 6.54 Å². The van der Waals surface area contributed by atoms with Crippen LogP contribution in [0.15, 0.2) is 18.3 Å². The number of carbonyl (C=O) groups is 1. The molecule has 1 amide bonds. The summed E-state index contributed by atoms with van der Waals surface area (Å²) >= 11 is 0. The monoisotopic (exact) mass is 278 g/mol. The summed E-state index contributed by atoms with van der Waals surface area (Å²) in [5.74, 6) is 0.583. The van der Waals surface area contributed by atoms with E-state index in [-0.39, 0.29) is 11.9 Å². The van der Waals surface area contributed by atoms with Gasteiger partial charge < -0.3 is 15.0 Å². The fourth-order valence-electron chi connectivity index (χ4n) is 2.85. The van der Waals surface area contributed by atoms with Gasteiger partial charge in [-0.05, 0) is 57.6 Å². The molecule has 1 aromatic heterocycles. The molecule has 4 heteroatoms. The molecule has 0 unspecified atom stereocenters. The second kappa shape index (κ2) is 6.00. The molecule has 4 nitrogen and oxygen atoms in total. The van der Waals surface area contributed by atoms with Gasteiger partial charge in [-0.15, -0.1) is 0 Å². The molecule has 0 saturated heterocycles. The van der Waals surface area contributed by atoms with Crippen LogP contribution in [0.1, 0.15) is 63.0 Å². The van der Waals surface area contributed by atoms with Crippen molar-refractivity contribution in [1.82, 2.24) is 9.88 Å². The molecule has 0 atom stereocenters. The van der Waals surface area contributed by atoms with Gasteiger partial charge in [0.1, 0.15) is 5.69 Å². The number of amides is 1. The van der Waals surface area contributed by atoms with E-state index in [1.165, 1.54) is 0 Å². The van der Waals surface area contributed by atoms with Crippen LogP contribution in [-0.4, -0.2) is 27.7 Å². The molecule has 1 heterocycles. The minimum absolute atomic E-state index is 0.101. The molecule has 0 radical (unpaired) electrons. The highest BCUT2D eigenvalue weighted by molar-refractivity contribution is 5.92. The van der Waals surface area contributed by atoms with E-state index in [0.717, 1.165) is 25.7 Å². The highest BCUT2D eigenvalue weighted by Crippen LogP contribution is 2.31. The molecule has 1 aromatic rings. The zero-order valence-corrected chi connectivity index (χ0v) is 12.7. The van der Waals surface area contributed by atoms with E-state index in [1.54, 1.807) is 0 Å². The van der Waals surface area contributed by atoms with Crippen LogP contribution in [0.25, 0.3) is 0 Å². The van der Waals surface area contributed by atoms with E-state index in [0.29, 0.717) is 18.2 Å². The molecule has 20 heavy (non-hydrogen) atoms. The first-order valence-corrected chi connectivity index (χ1v) is 7.59. The van der Waals surface area contributed by atoms with Crippen molar-refractivity contribution >= 4 is 5.91 Å². The maximum absolute atomic E-state index is 12.2. The van der Waals surface area contributed by atoms with Crippen molar-refractivity contribution < 1.29 is 9.90 Å². The molecule has 1 aliphatic carbocycles. The molecule has 1 saturated carbocycles. The summed E-state index contributed by atoms with van der Waals surface area (Å²) < 4.78 is 1.95. The Hall–Kier alpha value is -1.29. The Bertz CT molecular complexity index is 457.